The molecule has 0 radical (unpaired) electrons. The van der Waals surface area contributed by atoms with Crippen LogP contribution in [0.25, 0.3) is 16.8 Å². The lowest BCUT2D eigenvalue weighted by atomic mass is 10.1. The van der Waals surface area contributed by atoms with Gasteiger partial charge in [0.1, 0.15) is 22.0 Å². The second-order valence-corrected chi connectivity index (χ2v) is 8.36. The normalized spacial score (nSPS) is 11.5. The summed E-state index contributed by atoms with van der Waals surface area (Å²) in [6, 6.07) is 9.94. The highest BCUT2D eigenvalue weighted by Crippen LogP contribution is 2.30. The third kappa shape index (κ3) is 3.84. The molecule has 10 heteroatoms. The molecule has 4 aromatic rings. The molecular weight excluding hydrogens is 423 g/mol. The van der Waals surface area contributed by atoms with Crippen LogP contribution >= 0.6 is 0 Å². The fourth-order valence-electron chi connectivity index (χ4n) is 3.05. The summed E-state index contributed by atoms with van der Waals surface area (Å²) in [6.07, 6.45) is 4.58. The molecule has 0 spiro atoms. The quantitative estimate of drug-likeness (QED) is 0.512. The van der Waals surface area contributed by atoms with Crippen molar-refractivity contribution in [3.63, 3.8) is 0 Å². The Bertz CT molecular complexity index is 1470. The van der Waals surface area contributed by atoms with E-state index in [0.29, 0.717) is 22.3 Å². The van der Waals surface area contributed by atoms with Gasteiger partial charge in [0.05, 0.1) is 7.11 Å². The third-order valence-corrected chi connectivity index (χ3v) is 6.02. The van der Waals surface area contributed by atoms with E-state index < -0.39 is 20.7 Å². The summed E-state index contributed by atoms with van der Waals surface area (Å²) >= 11 is 0. The molecule has 4 rings (SSSR count). The van der Waals surface area contributed by atoms with Crippen molar-refractivity contribution in [2.45, 2.75) is 11.8 Å². The Morgan fingerprint density at radius 1 is 1.06 bits per heavy atom. The Kier molecular flexibility index (Phi) is 5.15. The molecule has 0 unspecified atom stereocenters. The molecule has 0 bridgehead atoms. The van der Waals surface area contributed by atoms with Gasteiger partial charge in [-0.3, -0.25) is 13.9 Å². The van der Waals surface area contributed by atoms with E-state index in [1.165, 1.54) is 42.1 Å². The Labute approximate surface area is 177 Å². The standard InChI is InChI=1S/C21H17FN4O4S/c1-13-10-23-19-8-7-14(12-26(19)21(13)27)15-9-17(20(30-2)24-11-15)25-31(28,29)18-6-4-3-5-16(18)22/h3-12,25H,1-2H3. The summed E-state index contributed by atoms with van der Waals surface area (Å²) in [5.41, 5.74) is 1.89. The van der Waals surface area contributed by atoms with Gasteiger partial charge in [0.25, 0.3) is 15.6 Å². The van der Waals surface area contributed by atoms with Gasteiger partial charge in [0, 0.05) is 35.3 Å². The molecule has 158 valence electrons. The highest BCUT2D eigenvalue weighted by Gasteiger charge is 2.21. The van der Waals surface area contributed by atoms with Crippen LogP contribution in [0.4, 0.5) is 10.1 Å². The highest BCUT2D eigenvalue weighted by molar-refractivity contribution is 7.92. The number of sulfonamides is 1. The number of fused-ring (bicyclic) bond motifs is 1. The number of nitrogens with one attached hydrogen (secondary N) is 1. The van der Waals surface area contributed by atoms with E-state index in [4.69, 9.17) is 4.74 Å². The number of ether oxygens (including phenoxy) is 1. The molecule has 0 aliphatic carbocycles. The molecule has 0 aliphatic rings. The monoisotopic (exact) mass is 440 g/mol. The van der Waals surface area contributed by atoms with Crippen molar-refractivity contribution < 1.29 is 17.5 Å². The maximum atomic E-state index is 14.0. The fourth-order valence-corrected chi connectivity index (χ4v) is 4.18. The maximum Gasteiger partial charge on any atom is 0.264 e. The van der Waals surface area contributed by atoms with Gasteiger partial charge in [0.2, 0.25) is 5.88 Å². The summed E-state index contributed by atoms with van der Waals surface area (Å²) < 4.78 is 48.3. The van der Waals surface area contributed by atoms with Crippen LogP contribution in [0.1, 0.15) is 5.56 Å². The number of hydrogen-bond acceptors (Lipinski definition) is 6. The number of aromatic nitrogens is 3. The second kappa shape index (κ2) is 7.80. The molecule has 0 atom stereocenters. The fraction of sp³-hybridized carbons (Fsp3) is 0.0952. The van der Waals surface area contributed by atoms with Gasteiger partial charge in [-0.05, 0) is 37.3 Å². The van der Waals surface area contributed by atoms with Gasteiger partial charge in [-0.25, -0.2) is 22.8 Å². The Morgan fingerprint density at radius 3 is 2.58 bits per heavy atom. The number of halogens is 1. The summed E-state index contributed by atoms with van der Waals surface area (Å²) in [5.74, 6) is -0.867. The highest BCUT2D eigenvalue weighted by atomic mass is 32.2. The number of nitrogens with zero attached hydrogens (tertiary/aromatic N) is 3. The van der Waals surface area contributed by atoms with Crippen LogP contribution in [0.3, 0.4) is 0 Å². The first kappa shape index (κ1) is 20.5. The van der Waals surface area contributed by atoms with E-state index in [-0.39, 0.29) is 17.1 Å². The van der Waals surface area contributed by atoms with Crippen molar-refractivity contribution in [3.05, 3.63) is 82.8 Å². The summed E-state index contributed by atoms with van der Waals surface area (Å²) in [7, 11) is -2.89. The molecule has 31 heavy (non-hydrogen) atoms. The van der Waals surface area contributed by atoms with Crippen molar-refractivity contribution in [1.29, 1.82) is 0 Å². The molecule has 0 fully saturated rings. The lowest BCUT2D eigenvalue weighted by Gasteiger charge is -2.13. The van der Waals surface area contributed by atoms with E-state index >= 15 is 0 Å². The number of benzene rings is 1. The van der Waals surface area contributed by atoms with Gasteiger partial charge < -0.3 is 4.74 Å². The zero-order valence-electron chi connectivity index (χ0n) is 16.5. The summed E-state index contributed by atoms with van der Waals surface area (Å²) in [5, 5.41) is 0. The smallest absolute Gasteiger partial charge is 0.264 e. The van der Waals surface area contributed by atoms with Crippen LogP contribution in [0.5, 0.6) is 5.88 Å². The van der Waals surface area contributed by atoms with Gasteiger partial charge in [-0.15, -0.1) is 0 Å². The Balaban J connectivity index is 1.80. The van der Waals surface area contributed by atoms with Crippen molar-refractivity contribution in [1.82, 2.24) is 14.4 Å². The molecule has 1 aromatic carbocycles. The number of pyridine rings is 2. The SMILES string of the molecule is COc1ncc(-c2ccc3ncc(C)c(=O)n3c2)cc1NS(=O)(=O)c1ccccc1F. The lowest BCUT2D eigenvalue weighted by Crippen LogP contribution is -2.17. The second-order valence-electron chi connectivity index (χ2n) is 6.71. The zero-order valence-corrected chi connectivity index (χ0v) is 17.4. The van der Waals surface area contributed by atoms with Crippen LogP contribution in [-0.2, 0) is 10.0 Å². The van der Waals surface area contributed by atoms with Crippen molar-refractivity contribution in [3.8, 4) is 17.0 Å². The molecule has 0 aliphatic heterocycles. The van der Waals surface area contributed by atoms with Crippen LogP contribution in [0.15, 0.2) is 70.7 Å². The van der Waals surface area contributed by atoms with Crippen molar-refractivity contribution >= 4 is 21.4 Å². The molecule has 0 saturated heterocycles. The Morgan fingerprint density at radius 2 is 1.84 bits per heavy atom. The van der Waals surface area contributed by atoms with E-state index in [1.54, 1.807) is 25.3 Å². The minimum absolute atomic E-state index is 0.0131. The minimum atomic E-state index is -4.23. The topological polar surface area (TPSA) is 103 Å². The molecule has 0 saturated carbocycles. The third-order valence-electron chi connectivity index (χ3n) is 4.62. The van der Waals surface area contributed by atoms with Gasteiger partial charge in [-0.2, -0.15) is 0 Å². The maximum absolute atomic E-state index is 14.0. The Hall–Kier alpha value is -3.79. The first-order chi connectivity index (χ1) is 14.8. The zero-order chi connectivity index (χ0) is 22.2. The average Bonchev–Trinajstić information content (AvgIpc) is 2.76. The number of rotatable bonds is 5. The molecular formula is C21H17FN4O4S. The average molecular weight is 440 g/mol. The molecule has 0 amide bonds. The lowest BCUT2D eigenvalue weighted by molar-refractivity contribution is 0.400. The van der Waals surface area contributed by atoms with E-state index in [2.05, 4.69) is 14.7 Å². The van der Waals surface area contributed by atoms with E-state index in [0.717, 1.165) is 12.1 Å². The minimum Gasteiger partial charge on any atom is -0.480 e. The number of methoxy groups -OCH3 is 1. The van der Waals surface area contributed by atoms with Crippen LogP contribution < -0.4 is 15.0 Å². The summed E-state index contributed by atoms with van der Waals surface area (Å²) in [4.78, 5) is 20.3. The number of aryl methyl sites for hydroxylation is 1. The predicted octanol–water partition coefficient (Wildman–Crippen LogP) is 3.01. The molecule has 1 N–H and O–H groups in total. The van der Waals surface area contributed by atoms with Gasteiger partial charge in [-0.1, -0.05) is 12.1 Å². The van der Waals surface area contributed by atoms with Crippen LogP contribution in [0.2, 0.25) is 0 Å². The van der Waals surface area contributed by atoms with Crippen molar-refractivity contribution in [2.24, 2.45) is 0 Å². The van der Waals surface area contributed by atoms with Gasteiger partial charge >= 0.3 is 0 Å². The van der Waals surface area contributed by atoms with Gasteiger partial charge in [0.15, 0.2) is 0 Å². The molecule has 3 heterocycles. The number of hydrogen-bond donors (Lipinski definition) is 1. The first-order valence-electron chi connectivity index (χ1n) is 9.10. The summed E-state index contributed by atoms with van der Waals surface area (Å²) in [6.45, 7) is 1.67. The van der Waals surface area contributed by atoms with Crippen LogP contribution in [-0.4, -0.2) is 29.9 Å². The molecule has 8 nitrogen and oxygen atoms in total. The van der Waals surface area contributed by atoms with E-state index in [9.17, 15) is 17.6 Å². The van der Waals surface area contributed by atoms with E-state index in [1.807, 2.05) is 0 Å². The largest absolute Gasteiger partial charge is 0.480 e. The molecule has 3 aromatic heterocycles. The predicted molar refractivity (Wildman–Crippen MR) is 113 cm³/mol. The first-order valence-corrected chi connectivity index (χ1v) is 10.6. The van der Waals surface area contributed by atoms with Crippen molar-refractivity contribution in [2.75, 3.05) is 11.8 Å². The number of anilines is 1. The van der Waals surface area contributed by atoms with Crippen LogP contribution in [0, 0.1) is 12.7 Å².